The largest absolute Gasteiger partial charge is 0.467 e. The van der Waals surface area contributed by atoms with Gasteiger partial charge in [-0.05, 0) is 29.8 Å². The van der Waals surface area contributed by atoms with Gasteiger partial charge in [-0.3, -0.25) is 9.59 Å². The van der Waals surface area contributed by atoms with Gasteiger partial charge in [0.2, 0.25) is 11.8 Å². The number of furan rings is 1. The summed E-state index contributed by atoms with van der Waals surface area (Å²) >= 11 is 0. The Balaban J connectivity index is 1.76. The van der Waals surface area contributed by atoms with E-state index in [1.165, 1.54) is 18.4 Å². The number of halogens is 1. The van der Waals surface area contributed by atoms with Crippen molar-refractivity contribution in [3.63, 3.8) is 0 Å². The summed E-state index contributed by atoms with van der Waals surface area (Å²) in [6, 6.07) is 9.02. The normalized spacial score (nSPS) is 20.8. The summed E-state index contributed by atoms with van der Waals surface area (Å²) in [4.78, 5) is 26.0. The molecule has 23 heavy (non-hydrogen) atoms. The second kappa shape index (κ2) is 6.24. The highest BCUT2D eigenvalue weighted by molar-refractivity contribution is 5.90. The van der Waals surface area contributed by atoms with Gasteiger partial charge in [-0.25, -0.2) is 4.39 Å². The molecule has 120 valence electrons. The van der Waals surface area contributed by atoms with Crippen molar-refractivity contribution in [1.29, 1.82) is 0 Å². The molecule has 1 aliphatic rings. The fourth-order valence-corrected chi connectivity index (χ4v) is 2.94. The van der Waals surface area contributed by atoms with Gasteiger partial charge in [-0.1, -0.05) is 12.1 Å². The van der Waals surface area contributed by atoms with E-state index in [9.17, 15) is 14.0 Å². The zero-order chi connectivity index (χ0) is 16.4. The molecule has 0 aliphatic carbocycles. The first-order valence-corrected chi connectivity index (χ1v) is 7.37. The van der Waals surface area contributed by atoms with Crippen LogP contribution < -0.4 is 5.32 Å². The summed E-state index contributed by atoms with van der Waals surface area (Å²) in [5, 5.41) is 2.79. The zero-order valence-electron chi connectivity index (χ0n) is 12.7. The molecule has 1 N–H and O–H groups in total. The standard InChI is InChI=1S/C17H17FN2O3/c1-20-15(21)9-14(16(20)11-4-6-12(18)7-5-11)17(22)19-10-13-3-2-8-23-13/h2-8,14,16H,9-10H2,1H3,(H,19,22)/t14-,16-/m0/s1. The smallest absolute Gasteiger partial charge is 0.226 e. The molecule has 1 aromatic heterocycles. The first-order chi connectivity index (χ1) is 11.1. The molecular formula is C17H17FN2O3. The maximum Gasteiger partial charge on any atom is 0.226 e. The fourth-order valence-electron chi connectivity index (χ4n) is 2.94. The molecule has 1 aromatic carbocycles. The van der Waals surface area contributed by atoms with Gasteiger partial charge in [0.15, 0.2) is 0 Å². The summed E-state index contributed by atoms with van der Waals surface area (Å²) in [7, 11) is 1.66. The molecule has 2 amide bonds. The van der Waals surface area contributed by atoms with Gasteiger partial charge < -0.3 is 14.6 Å². The molecule has 0 unspecified atom stereocenters. The maximum absolute atomic E-state index is 13.1. The first kappa shape index (κ1) is 15.3. The average molecular weight is 316 g/mol. The van der Waals surface area contributed by atoms with Crippen molar-refractivity contribution in [3.05, 3.63) is 59.8 Å². The quantitative estimate of drug-likeness (QED) is 0.941. The number of benzene rings is 1. The Bertz CT molecular complexity index is 697. The minimum atomic E-state index is -0.507. The van der Waals surface area contributed by atoms with Crippen molar-refractivity contribution in [2.24, 2.45) is 5.92 Å². The lowest BCUT2D eigenvalue weighted by molar-refractivity contribution is -0.128. The van der Waals surface area contributed by atoms with Crippen molar-refractivity contribution in [3.8, 4) is 0 Å². The van der Waals surface area contributed by atoms with Crippen LogP contribution in [0, 0.1) is 11.7 Å². The second-order valence-corrected chi connectivity index (χ2v) is 5.61. The fraction of sp³-hybridized carbons (Fsp3) is 0.294. The molecule has 2 aromatic rings. The highest BCUT2D eigenvalue weighted by Crippen LogP contribution is 2.37. The van der Waals surface area contributed by atoms with Crippen molar-refractivity contribution in [1.82, 2.24) is 10.2 Å². The highest BCUT2D eigenvalue weighted by atomic mass is 19.1. The summed E-state index contributed by atoms with van der Waals surface area (Å²) in [6.07, 6.45) is 1.68. The van der Waals surface area contributed by atoms with Crippen molar-refractivity contribution >= 4 is 11.8 Å². The highest BCUT2D eigenvalue weighted by Gasteiger charge is 2.42. The maximum atomic E-state index is 13.1. The van der Waals surface area contributed by atoms with Crippen molar-refractivity contribution < 1.29 is 18.4 Å². The van der Waals surface area contributed by atoms with E-state index in [1.807, 2.05) is 0 Å². The van der Waals surface area contributed by atoms with E-state index in [0.717, 1.165) is 5.56 Å². The predicted octanol–water partition coefficient (Wildman–Crippen LogP) is 2.25. The summed E-state index contributed by atoms with van der Waals surface area (Å²) in [5.41, 5.74) is 0.748. The van der Waals surface area contributed by atoms with Gasteiger partial charge in [0.1, 0.15) is 11.6 Å². The SMILES string of the molecule is CN1C(=O)C[C@H](C(=O)NCc2ccco2)[C@@H]1c1ccc(F)cc1. The molecule has 1 fully saturated rings. The van der Waals surface area contributed by atoms with Crippen molar-refractivity contribution in [2.45, 2.75) is 19.0 Å². The number of carbonyl (C=O) groups excluding carboxylic acids is 2. The van der Waals surface area contributed by atoms with Crippen molar-refractivity contribution in [2.75, 3.05) is 7.05 Å². The molecule has 6 heteroatoms. The average Bonchev–Trinajstić information content (AvgIpc) is 3.15. The molecule has 1 aliphatic heterocycles. The summed E-state index contributed by atoms with van der Waals surface area (Å²) < 4.78 is 18.3. The van der Waals surface area contributed by atoms with E-state index in [1.54, 1.807) is 36.2 Å². The lowest BCUT2D eigenvalue weighted by Crippen LogP contribution is -2.34. The van der Waals surface area contributed by atoms with E-state index in [4.69, 9.17) is 4.42 Å². The molecule has 0 saturated carbocycles. The third-order valence-electron chi connectivity index (χ3n) is 4.15. The Kier molecular flexibility index (Phi) is 4.14. The monoisotopic (exact) mass is 316 g/mol. The predicted molar refractivity (Wildman–Crippen MR) is 80.6 cm³/mol. The second-order valence-electron chi connectivity index (χ2n) is 5.61. The van der Waals surface area contributed by atoms with Crippen LogP contribution in [0.3, 0.4) is 0 Å². The molecule has 0 bridgehead atoms. The van der Waals surface area contributed by atoms with Crippen LogP contribution in [-0.4, -0.2) is 23.8 Å². The Morgan fingerprint density at radius 1 is 1.35 bits per heavy atom. The van der Waals surface area contributed by atoms with E-state index >= 15 is 0 Å². The van der Waals surface area contributed by atoms with Gasteiger partial charge in [-0.15, -0.1) is 0 Å². The van der Waals surface area contributed by atoms with Crippen LogP contribution in [0.5, 0.6) is 0 Å². The van der Waals surface area contributed by atoms with Crippen LogP contribution in [0.25, 0.3) is 0 Å². The molecule has 3 rings (SSSR count). The third kappa shape index (κ3) is 3.11. The lowest BCUT2D eigenvalue weighted by Gasteiger charge is -2.24. The number of amides is 2. The van der Waals surface area contributed by atoms with E-state index in [2.05, 4.69) is 5.32 Å². The molecule has 1 saturated heterocycles. The minimum absolute atomic E-state index is 0.0996. The van der Waals surface area contributed by atoms with Crippen LogP contribution >= 0.6 is 0 Å². The number of hydrogen-bond acceptors (Lipinski definition) is 3. The van der Waals surface area contributed by atoms with Gasteiger partial charge in [0.05, 0.1) is 24.8 Å². The van der Waals surface area contributed by atoms with Gasteiger partial charge in [-0.2, -0.15) is 0 Å². The molecular weight excluding hydrogens is 299 g/mol. The van der Waals surface area contributed by atoms with Gasteiger partial charge in [0.25, 0.3) is 0 Å². The van der Waals surface area contributed by atoms with E-state index in [-0.39, 0.29) is 36.6 Å². The number of carbonyl (C=O) groups is 2. The number of hydrogen-bond donors (Lipinski definition) is 1. The first-order valence-electron chi connectivity index (χ1n) is 7.37. The summed E-state index contributed by atoms with van der Waals surface area (Å²) in [5.74, 6) is -0.521. The Morgan fingerprint density at radius 3 is 2.74 bits per heavy atom. The molecule has 0 radical (unpaired) electrons. The van der Waals surface area contributed by atoms with Gasteiger partial charge in [0, 0.05) is 13.5 Å². The van der Waals surface area contributed by atoms with Crippen LogP contribution in [-0.2, 0) is 16.1 Å². The van der Waals surface area contributed by atoms with Crippen LogP contribution in [0.1, 0.15) is 23.8 Å². The summed E-state index contributed by atoms with van der Waals surface area (Å²) in [6.45, 7) is 0.274. The van der Waals surface area contributed by atoms with Crippen LogP contribution in [0.2, 0.25) is 0 Å². The number of likely N-dealkylation sites (tertiary alicyclic amines) is 1. The molecule has 5 nitrogen and oxygen atoms in total. The Labute approximate surface area is 133 Å². The topological polar surface area (TPSA) is 62.6 Å². The Morgan fingerprint density at radius 2 is 2.09 bits per heavy atom. The van der Waals surface area contributed by atoms with Crippen LogP contribution in [0.15, 0.2) is 47.1 Å². The van der Waals surface area contributed by atoms with Gasteiger partial charge >= 0.3 is 0 Å². The van der Waals surface area contributed by atoms with E-state index < -0.39 is 5.92 Å². The number of rotatable bonds is 4. The minimum Gasteiger partial charge on any atom is -0.467 e. The van der Waals surface area contributed by atoms with E-state index in [0.29, 0.717) is 5.76 Å². The molecule has 0 spiro atoms. The third-order valence-corrected chi connectivity index (χ3v) is 4.15. The number of nitrogens with zero attached hydrogens (tertiary/aromatic N) is 1. The van der Waals surface area contributed by atoms with Crippen LogP contribution in [0.4, 0.5) is 4.39 Å². The number of nitrogens with one attached hydrogen (secondary N) is 1. The zero-order valence-corrected chi connectivity index (χ0v) is 12.7. The molecule has 2 heterocycles. The molecule has 2 atom stereocenters. The lowest BCUT2D eigenvalue weighted by atomic mass is 9.93. The Hall–Kier alpha value is -2.63.